The monoisotopic (exact) mass is 346 g/mol. The Balaban J connectivity index is 2.31. The fourth-order valence-electron chi connectivity index (χ4n) is 1.25. The highest BCUT2D eigenvalue weighted by molar-refractivity contribution is 9.10. The van der Waals surface area contributed by atoms with E-state index in [9.17, 15) is 14.5 Å². The van der Waals surface area contributed by atoms with Crippen LogP contribution >= 0.6 is 27.5 Å². The zero-order chi connectivity index (χ0) is 14.0. The Morgan fingerprint density at radius 1 is 1.42 bits per heavy atom. The molecule has 19 heavy (non-hydrogen) atoms. The fourth-order valence-corrected chi connectivity index (χ4v) is 1.83. The van der Waals surface area contributed by atoms with Crippen molar-refractivity contribution in [3.8, 4) is 11.6 Å². The Hall–Kier alpha value is -1.73. The minimum atomic E-state index is -0.653. The van der Waals surface area contributed by atoms with Gasteiger partial charge in [-0.15, -0.1) is 0 Å². The first-order valence-corrected chi connectivity index (χ1v) is 6.07. The molecule has 0 spiro atoms. The van der Waals surface area contributed by atoms with E-state index in [1.54, 1.807) is 0 Å². The first-order chi connectivity index (χ1) is 8.97. The highest BCUT2D eigenvalue weighted by Crippen LogP contribution is 2.32. The predicted octanol–water partition coefficient (Wildman–Crippen LogP) is 4.34. The molecule has 0 saturated carbocycles. The third-order valence-corrected chi connectivity index (χ3v) is 2.91. The first kappa shape index (κ1) is 13.7. The number of hydrogen-bond donors (Lipinski definition) is 0. The Labute approximate surface area is 120 Å². The molecule has 0 aliphatic carbocycles. The molecule has 5 nitrogen and oxygen atoms in total. The highest BCUT2D eigenvalue weighted by Gasteiger charge is 2.14. The van der Waals surface area contributed by atoms with Crippen LogP contribution in [0.15, 0.2) is 34.9 Å². The van der Waals surface area contributed by atoms with Crippen molar-refractivity contribution < 1.29 is 14.1 Å². The fraction of sp³-hybridized carbons (Fsp3) is 0. The Kier molecular flexibility index (Phi) is 3.96. The number of pyridine rings is 1. The molecule has 0 radical (unpaired) electrons. The minimum absolute atomic E-state index is 0.0202. The molecule has 0 saturated heterocycles. The van der Waals surface area contributed by atoms with E-state index in [0.717, 1.165) is 12.3 Å². The highest BCUT2D eigenvalue weighted by atomic mass is 79.9. The van der Waals surface area contributed by atoms with Gasteiger partial charge in [-0.2, -0.15) is 0 Å². The zero-order valence-corrected chi connectivity index (χ0v) is 11.5. The average Bonchev–Trinajstić information content (AvgIpc) is 2.34. The number of ether oxygens (including phenoxy) is 1. The summed E-state index contributed by atoms with van der Waals surface area (Å²) >= 11 is 8.68. The van der Waals surface area contributed by atoms with Crippen LogP contribution in [-0.4, -0.2) is 9.91 Å². The summed E-state index contributed by atoms with van der Waals surface area (Å²) in [5, 5.41) is 10.8. The van der Waals surface area contributed by atoms with E-state index in [2.05, 4.69) is 20.9 Å². The van der Waals surface area contributed by atoms with E-state index < -0.39 is 10.7 Å². The summed E-state index contributed by atoms with van der Waals surface area (Å²) in [4.78, 5) is 13.7. The number of nitrogens with zero attached hydrogens (tertiary/aromatic N) is 2. The number of benzene rings is 1. The van der Waals surface area contributed by atoms with Gasteiger partial charge in [0.15, 0.2) is 11.6 Å². The summed E-state index contributed by atoms with van der Waals surface area (Å²) in [5.74, 6) is -0.710. The molecule has 2 rings (SSSR count). The maximum atomic E-state index is 13.5. The molecule has 1 heterocycles. The molecule has 0 atom stereocenters. The normalized spacial score (nSPS) is 10.3. The van der Waals surface area contributed by atoms with Crippen LogP contribution in [0, 0.1) is 15.9 Å². The van der Waals surface area contributed by atoms with Crippen LogP contribution in [0.25, 0.3) is 0 Å². The third kappa shape index (κ3) is 3.18. The van der Waals surface area contributed by atoms with Crippen LogP contribution in [0.1, 0.15) is 0 Å². The lowest BCUT2D eigenvalue weighted by atomic mass is 10.3. The van der Waals surface area contributed by atoms with Gasteiger partial charge in [0.25, 0.3) is 5.69 Å². The summed E-state index contributed by atoms with van der Waals surface area (Å²) in [7, 11) is 0. The Morgan fingerprint density at radius 3 is 2.74 bits per heavy atom. The van der Waals surface area contributed by atoms with E-state index in [0.29, 0.717) is 0 Å². The van der Waals surface area contributed by atoms with E-state index in [-0.39, 0.29) is 26.8 Å². The third-order valence-electron chi connectivity index (χ3n) is 2.10. The van der Waals surface area contributed by atoms with Gasteiger partial charge in [-0.3, -0.25) is 10.1 Å². The quantitative estimate of drug-likeness (QED) is 0.612. The van der Waals surface area contributed by atoms with Gasteiger partial charge in [0.2, 0.25) is 5.88 Å². The summed E-state index contributed by atoms with van der Waals surface area (Å²) in [5.41, 5.74) is -0.198. The molecule has 0 unspecified atom stereocenters. The molecule has 0 fully saturated rings. The van der Waals surface area contributed by atoms with Crippen LogP contribution in [0.5, 0.6) is 11.6 Å². The zero-order valence-electron chi connectivity index (χ0n) is 9.14. The second kappa shape index (κ2) is 5.50. The van der Waals surface area contributed by atoms with Crippen LogP contribution in [-0.2, 0) is 0 Å². The SMILES string of the molecule is O=[N+]([O-])c1cnc(Oc2ccc(Cl)cc2F)c(Br)c1. The van der Waals surface area contributed by atoms with Crippen LogP contribution in [0.2, 0.25) is 5.02 Å². The van der Waals surface area contributed by atoms with Crippen LogP contribution < -0.4 is 4.74 Å². The lowest BCUT2D eigenvalue weighted by Gasteiger charge is -2.07. The lowest BCUT2D eigenvalue weighted by molar-refractivity contribution is -0.385. The number of aromatic nitrogens is 1. The second-order valence-corrected chi connectivity index (χ2v) is 4.71. The summed E-state index contributed by atoms with van der Waals surface area (Å²) in [6.45, 7) is 0. The first-order valence-electron chi connectivity index (χ1n) is 4.90. The molecule has 0 aliphatic rings. The molecule has 2 aromatic rings. The molecule has 1 aromatic carbocycles. The van der Waals surface area contributed by atoms with Crippen LogP contribution in [0.3, 0.4) is 0 Å². The van der Waals surface area contributed by atoms with Crippen molar-refractivity contribution in [1.82, 2.24) is 4.98 Å². The maximum absolute atomic E-state index is 13.5. The van der Waals surface area contributed by atoms with Gasteiger partial charge in [0.1, 0.15) is 6.20 Å². The van der Waals surface area contributed by atoms with Crippen molar-refractivity contribution in [2.24, 2.45) is 0 Å². The number of halogens is 3. The molecular formula is C11H5BrClFN2O3. The van der Waals surface area contributed by atoms with Gasteiger partial charge in [0.05, 0.1) is 9.40 Å². The van der Waals surface area contributed by atoms with Crippen molar-refractivity contribution in [1.29, 1.82) is 0 Å². The van der Waals surface area contributed by atoms with Gasteiger partial charge < -0.3 is 4.74 Å². The van der Waals surface area contributed by atoms with Gasteiger partial charge in [-0.05, 0) is 34.1 Å². The van der Waals surface area contributed by atoms with Crippen molar-refractivity contribution in [3.05, 3.63) is 55.9 Å². The van der Waals surface area contributed by atoms with Crippen LogP contribution in [0.4, 0.5) is 10.1 Å². The standard InChI is InChI=1S/C11H5BrClFN2O3/c12-8-4-7(16(17)18)5-15-11(8)19-10-2-1-6(13)3-9(10)14/h1-5H. The van der Waals surface area contributed by atoms with E-state index >= 15 is 0 Å². The molecule has 0 N–H and O–H groups in total. The van der Waals surface area contributed by atoms with Crippen molar-refractivity contribution >= 4 is 33.2 Å². The molecule has 8 heteroatoms. The lowest BCUT2D eigenvalue weighted by Crippen LogP contribution is -1.94. The Morgan fingerprint density at radius 2 is 2.16 bits per heavy atom. The van der Waals surface area contributed by atoms with E-state index in [1.807, 2.05) is 0 Å². The molecule has 0 amide bonds. The average molecular weight is 348 g/mol. The summed E-state index contributed by atoms with van der Waals surface area (Å²) in [6.07, 6.45) is 1.02. The van der Waals surface area contributed by atoms with E-state index in [1.165, 1.54) is 18.2 Å². The van der Waals surface area contributed by atoms with Gasteiger partial charge in [0, 0.05) is 11.1 Å². The van der Waals surface area contributed by atoms with Gasteiger partial charge >= 0.3 is 0 Å². The van der Waals surface area contributed by atoms with Crippen molar-refractivity contribution in [2.45, 2.75) is 0 Å². The van der Waals surface area contributed by atoms with Gasteiger partial charge in [-0.25, -0.2) is 9.37 Å². The molecule has 98 valence electrons. The molecule has 0 aliphatic heterocycles. The molecular weight excluding hydrogens is 342 g/mol. The summed E-state index contributed by atoms with van der Waals surface area (Å²) in [6, 6.07) is 5.11. The minimum Gasteiger partial charge on any atom is -0.435 e. The maximum Gasteiger partial charge on any atom is 0.288 e. The Bertz CT molecular complexity index is 654. The predicted molar refractivity (Wildman–Crippen MR) is 70.1 cm³/mol. The van der Waals surface area contributed by atoms with Crippen molar-refractivity contribution in [3.63, 3.8) is 0 Å². The number of rotatable bonds is 3. The van der Waals surface area contributed by atoms with Crippen molar-refractivity contribution in [2.75, 3.05) is 0 Å². The summed E-state index contributed by atoms with van der Waals surface area (Å²) < 4.78 is 19.0. The topological polar surface area (TPSA) is 65.3 Å². The van der Waals surface area contributed by atoms with Gasteiger partial charge in [-0.1, -0.05) is 11.6 Å². The van der Waals surface area contributed by atoms with E-state index in [4.69, 9.17) is 16.3 Å². The molecule has 1 aromatic heterocycles. The number of nitro groups is 1. The smallest absolute Gasteiger partial charge is 0.288 e. The number of hydrogen-bond acceptors (Lipinski definition) is 4. The largest absolute Gasteiger partial charge is 0.435 e. The molecule has 0 bridgehead atoms. The second-order valence-electron chi connectivity index (χ2n) is 3.41.